The lowest BCUT2D eigenvalue weighted by molar-refractivity contribution is -0.0177. The summed E-state index contributed by atoms with van der Waals surface area (Å²) < 4.78 is 26.5. The van der Waals surface area contributed by atoms with Gasteiger partial charge in [0.05, 0.1) is 23.3 Å². The fourth-order valence-corrected chi connectivity index (χ4v) is 4.28. The first-order chi connectivity index (χ1) is 15.8. The number of benzene rings is 1. The lowest BCUT2D eigenvalue weighted by atomic mass is 10.2. The first kappa shape index (κ1) is 23.3. The van der Waals surface area contributed by atoms with Gasteiger partial charge in [-0.3, -0.25) is 0 Å². The number of aromatic nitrogens is 4. The van der Waals surface area contributed by atoms with Crippen molar-refractivity contribution < 1.29 is 13.9 Å². The molecule has 33 heavy (non-hydrogen) atoms. The van der Waals surface area contributed by atoms with Gasteiger partial charge in [0.15, 0.2) is 22.5 Å². The van der Waals surface area contributed by atoms with Crippen LogP contribution in [0.25, 0.3) is 10.7 Å². The maximum atomic E-state index is 14.8. The molecule has 2 unspecified atom stereocenters. The lowest BCUT2D eigenvalue weighted by Gasteiger charge is -2.36. The fraction of sp³-hybridized carbons (Fsp3) is 0.455. The Morgan fingerprint density at radius 3 is 2.76 bits per heavy atom. The van der Waals surface area contributed by atoms with E-state index in [0.717, 1.165) is 12.0 Å². The van der Waals surface area contributed by atoms with Gasteiger partial charge in [0, 0.05) is 19.6 Å². The summed E-state index contributed by atoms with van der Waals surface area (Å²) in [6, 6.07) is 4.87. The van der Waals surface area contributed by atoms with Crippen molar-refractivity contribution in [1.82, 2.24) is 24.8 Å². The predicted molar refractivity (Wildman–Crippen MR) is 126 cm³/mol. The number of hydrogen-bond acceptors (Lipinski definition) is 10. The van der Waals surface area contributed by atoms with Gasteiger partial charge in [-0.2, -0.15) is 15.0 Å². The first-order valence-electron chi connectivity index (χ1n) is 10.8. The fourth-order valence-electron chi connectivity index (χ4n) is 3.66. The molecule has 176 valence electrons. The van der Waals surface area contributed by atoms with E-state index in [0.29, 0.717) is 41.4 Å². The van der Waals surface area contributed by atoms with Gasteiger partial charge in [0.25, 0.3) is 0 Å². The normalized spacial score (nSPS) is 18.7. The number of nitrogens with zero attached hydrogens (tertiary/aromatic N) is 6. The zero-order chi connectivity index (χ0) is 23.5. The number of anilines is 2. The van der Waals surface area contributed by atoms with Gasteiger partial charge in [0.2, 0.25) is 5.95 Å². The van der Waals surface area contributed by atoms with Crippen LogP contribution in [0.15, 0.2) is 24.4 Å². The number of nitrogens with two attached hydrogens (primary N) is 1. The standard InChI is InChI=1S/C22H28FN7O2S/c1-5-15-12-30(10-13(2)31-15)21-26-19(18-9-25-20(24)33-18)27-22(28-21)32-17-7-6-14(8-16(17)23)11-29(3)4/h6-9,13,15H,5,10-12H2,1-4H3,(H2,24,25). The van der Waals surface area contributed by atoms with Crippen LogP contribution < -0.4 is 15.4 Å². The Morgan fingerprint density at radius 1 is 1.27 bits per heavy atom. The van der Waals surface area contributed by atoms with E-state index in [1.807, 2.05) is 36.9 Å². The van der Waals surface area contributed by atoms with Crippen LogP contribution >= 0.6 is 11.3 Å². The van der Waals surface area contributed by atoms with Crippen molar-refractivity contribution in [2.45, 2.75) is 39.0 Å². The molecule has 0 amide bonds. The summed E-state index contributed by atoms with van der Waals surface area (Å²) in [5.74, 6) is 0.387. The van der Waals surface area contributed by atoms with Crippen LogP contribution in [0.3, 0.4) is 0 Å². The zero-order valence-electron chi connectivity index (χ0n) is 19.2. The summed E-state index contributed by atoms with van der Waals surface area (Å²) in [6.07, 6.45) is 2.57. The predicted octanol–water partition coefficient (Wildman–Crippen LogP) is 3.57. The van der Waals surface area contributed by atoms with Crippen molar-refractivity contribution in [3.05, 3.63) is 35.8 Å². The smallest absolute Gasteiger partial charge is 0.327 e. The molecule has 0 radical (unpaired) electrons. The van der Waals surface area contributed by atoms with E-state index < -0.39 is 5.82 Å². The Kier molecular flexibility index (Phi) is 7.01. The molecule has 1 saturated heterocycles. The zero-order valence-corrected chi connectivity index (χ0v) is 20.0. The molecule has 3 heterocycles. The van der Waals surface area contributed by atoms with Crippen LogP contribution in [0.2, 0.25) is 0 Å². The number of halogens is 1. The van der Waals surface area contributed by atoms with Crippen molar-refractivity contribution >= 4 is 22.4 Å². The SMILES string of the molecule is CCC1CN(c2nc(Oc3ccc(CN(C)C)cc3F)nc(-c3cnc(N)s3)n2)CC(C)O1. The van der Waals surface area contributed by atoms with E-state index in [9.17, 15) is 4.39 Å². The second-order valence-electron chi connectivity index (χ2n) is 8.29. The molecule has 1 fully saturated rings. The minimum atomic E-state index is -0.481. The number of rotatable bonds is 7. The summed E-state index contributed by atoms with van der Waals surface area (Å²) in [6.45, 7) is 5.98. The van der Waals surface area contributed by atoms with E-state index in [-0.39, 0.29) is 24.0 Å². The van der Waals surface area contributed by atoms with Crippen molar-refractivity contribution in [3.8, 4) is 22.5 Å². The summed E-state index contributed by atoms with van der Waals surface area (Å²) in [7, 11) is 3.86. The number of morpholine rings is 1. The summed E-state index contributed by atoms with van der Waals surface area (Å²) >= 11 is 1.26. The van der Waals surface area contributed by atoms with Gasteiger partial charge >= 0.3 is 6.01 Å². The highest BCUT2D eigenvalue weighted by atomic mass is 32.1. The van der Waals surface area contributed by atoms with E-state index >= 15 is 0 Å². The highest BCUT2D eigenvalue weighted by molar-refractivity contribution is 7.18. The van der Waals surface area contributed by atoms with Gasteiger partial charge in [-0.15, -0.1) is 0 Å². The maximum Gasteiger partial charge on any atom is 0.327 e. The molecular formula is C22H28FN7O2S. The van der Waals surface area contributed by atoms with Crippen LogP contribution in [0.4, 0.5) is 15.5 Å². The van der Waals surface area contributed by atoms with Crippen LogP contribution in [-0.4, -0.2) is 64.2 Å². The summed E-state index contributed by atoms with van der Waals surface area (Å²) in [5, 5.41) is 0.406. The van der Waals surface area contributed by atoms with E-state index in [4.69, 9.17) is 15.2 Å². The second kappa shape index (κ2) is 9.94. The monoisotopic (exact) mass is 473 g/mol. The van der Waals surface area contributed by atoms with Gasteiger partial charge < -0.3 is 25.0 Å². The van der Waals surface area contributed by atoms with Crippen molar-refractivity contribution in [2.75, 3.05) is 37.8 Å². The first-order valence-corrected chi connectivity index (χ1v) is 11.6. The third-order valence-electron chi connectivity index (χ3n) is 5.11. The molecule has 0 bridgehead atoms. The molecule has 4 rings (SSSR count). The molecular weight excluding hydrogens is 445 g/mol. The van der Waals surface area contributed by atoms with Gasteiger partial charge in [-0.25, -0.2) is 9.37 Å². The second-order valence-corrected chi connectivity index (χ2v) is 9.35. The number of hydrogen-bond donors (Lipinski definition) is 1. The van der Waals surface area contributed by atoms with Crippen LogP contribution in [0.5, 0.6) is 11.8 Å². The van der Waals surface area contributed by atoms with E-state index in [1.54, 1.807) is 12.3 Å². The lowest BCUT2D eigenvalue weighted by Crippen LogP contribution is -2.47. The van der Waals surface area contributed by atoms with Gasteiger partial charge in [0.1, 0.15) is 0 Å². The molecule has 0 aliphatic carbocycles. The topological polar surface area (TPSA) is 103 Å². The van der Waals surface area contributed by atoms with Crippen LogP contribution in [0, 0.1) is 5.82 Å². The quantitative estimate of drug-likeness (QED) is 0.551. The van der Waals surface area contributed by atoms with Crippen molar-refractivity contribution in [2.24, 2.45) is 0 Å². The molecule has 11 heteroatoms. The van der Waals surface area contributed by atoms with Gasteiger partial charge in [-0.1, -0.05) is 24.3 Å². The molecule has 2 aromatic heterocycles. The highest BCUT2D eigenvalue weighted by Gasteiger charge is 2.27. The summed E-state index contributed by atoms with van der Waals surface area (Å²) in [5.41, 5.74) is 6.65. The molecule has 2 atom stereocenters. The number of nitrogen functional groups attached to an aromatic ring is 1. The summed E-state index contributed by atoms with van der Waals surface area (Å²) in [4.78, 5) is 22.3. The third-order valence-corrected chi connectivity index (χ3v) is 5.93. The number of ether oxygens (including phenoxy) is 2. The largest absolute Gasteiger partial charge is 0.421 e. The molecule has 2 N–H and O–H groups in total. The molecule has 0 spiro atoms. The average Bonchev–Trinajstić information content (AvgIpc) is 3.21. The Balaban J connectivity index is 1.68. The number of thiazole rings is 1. The minimum absolute atomic E-state index is 0.00780. The van der Waals surface area contributed by atoms with E-state index in [1.165, 1.54) is 17.4 Å². The molecule has 3 aromatic rings. The molecule has 1 aliphatic rings. The molecule has 1 aliphatic heterocycles. The van der Waals surface area contributed by atoms with Gasteiger partial charge in [-0.05, 0) is 45.1 Å². The molecule has 0 saturated carbocycles. The third kappa shape index (κ3) is 5.73. The van der Waals surface area contributed by atoms with Crippen molar-refractivity contribution in [3.63, 3.8) is 0 Å². The Bertz CT molecular complexity index is 1110. The molecule has 1 aromatic carbocycles. The molecule has 9 nitrogen and oxygen atoms in total. The highest BCUT2D eigenvalue weighted by Crippen LogP contribution is 2.30. The average molecular weight is 474 g/mol. The minimum Gasteiger partial charge on any atom is -0.421 e. The maximum absolute atomic E-state index is 14.8. The van der Waals surface area contributed by atoms with Crippen LogP contribution in [-0.2, 0) is 11.3 Å². The Labute approximate surface area is 196 Å². The van der Waals surface area contributed by atoms with E-state index in [2.05, 4.69) is 26.9 Å². The Hall–Kier alpha value is -2.89. The van der Waals surface area contributed by atoms with Crippen LogP contribution in [0.1, 0.15) is 25.8 Å². The van der Waals surface area contributed by atoms with Crippen molar-refractivity contribution in [1.29, 1.82) is 0 Å². The Morgan fingerprint density at radius 2 is 2.09 bits per heavy atom.